The molecule has 1 rings (SSSR count). The van der Waals surface area contributed by atoms with Crippen molar-refractivity contribution in [1.82, 2.24) is 0 Å². The monoisotopic (exact) mass is 236 g/mol. The topological polar surface area (TPSA) is 18.5 Å². The number of rotatable bonds is 3. The molecule has 0 aliphatic carbocycles. The van der Waals surface area contributed by atoms with Gasteiger partial charge in [-0.3, -0.25) is 0 Å². The van der Waals surface area contributed by atoms with Gasteiger partial charge in [-0.15, -0.1) is 0 Å². The van der Waals surface area contributed by atoms with Crippen LogP contribution in [0.5, 0.6) is 11.5 Å². The Kier molecular flexibility index (Phi) is 4.07. The lowest BCUT2D eigenvalue weighted by atomic mass is 9.84. The van der Waals surface area contributed by atoms with Gasteiger partial charge in [0.05, 0.1) is 14.2 Å². The molecule has 0 N–H and O–H groups in total. The third-order valence-electron chi connectivity index (χ3n) is 2.94. The summed E-state index contributed by atoms with van der Waals surface area (Å²) in [4.78, 5) is 0. The van der Waals surface area contributed by atoms with E-state index < -0.39 is 0 Å². The molecule has 1 aromatic carbocycles. The fraction of sp³-hybridized carbons (Fsp3) is 0.600. The molecule has 0 heterocycles. The molecule has 0 atom stereocenters. The molecule has 0 spiro atoms. The number of methoxy groups -OCH3 is 2. The average molecular weight is 236 g/mol. The van der Waals surface area contributed by atoms with E-state index in [4.69, 9.17) is 9.47 Å². The summed E-state index contributed by atoms with van der Waals surface area (Å²) in [6.07, 6.45) is 0. The summed E-state index contributed by atoms with van der Waals surface area (Å²) in [5.41, 5.74) is 2.38. The van der Waals surface area contributed by atoms with E-state index >= 15 is 0 Å². The molecule has 2 nitrogen and oxygen atoms in total. The second kappa shape index (κ2) is 4.99. The zero-order chi connectivity index (χ0) is 13.2. The van der Waals surface area contributed by atoms with Crippen LogP contribution in [0, 0.1) is 0 Å². The van der Waals surface area contributed by atoms with Gasteiger partial charge in [-0.1, -0.05) is 34.6 Å². The summed E-state index contributed by atoms with van der Waals surface area (Å²) in [6, 6.07) is 4.24. The van der Waals surface area contributed by atoms with E-state index in [-0.39, 0.29) is 5.41 Å². The summed E-state index contributed by atoms with van der Waals surface area (Å²) < 4.78 is 11.1. The van der Waals surface area contributed by atoms with Crippen molar-refractivity contribution < 1.29 is 9.47 Å². The Balaban J connectivity index is 3.47. The van der Waals surface area contributed by atoms with Crippen LogP contribution in [0.25, 0.3) is 0 Å². The molecule has 0 aromatic heterocycles. The number of ether oxygens (including phenoxy) is 2. The van der Waals surface area contributed by atoms with Crippen molar-refractivity contribution in [2.45, 2.75) is 46.0 Å². The second-order valence-corrected chi connectivity index (χ2v) is 5.71. The van der Waals surface area contributed by atoms with E-state index in [1.807, 2.05) is 0 Å². The van der Waals surface area contributed by atoms with Crippen molar-refractivity contribution in [2.75, 3.05) is 14.2 Å². The van der Waals surface area contributed by atoms with Crippen LogP contribution in [0.2, 0.25) is 0 Å². The first-order valence-electron chi connectivity index (χ1n) is 6.07. The van der Waals surface area contributed by atoms with Crippen molar-refractivity contribution in [1.29, 1.82) is 0 Å². The van der Waals surface area contributed by atoms with E-state index in [2.05, 4.69) is 46.8 Å². The van der Waals surface area contributed by atoms with Crippen LogP contribution in [-0.4, -0.2) is 14.2 Å². The lowest BCUT2D eigenvalue weighted by molar-refractivity contribution is 0.366. The van der Waals surface area contributed by atoms with Crippen molar-refractivity contribution in [3.05, 3.63) is 23.3 Å². The molecule has 1 aromatic rings. The van der Waals surface area contributed by atoms with E-state index in [1.165, 1.54) is 5.56 Å². The highest BCUT2D eigenvalue weighted by Crippen LogP contribution is 2.41. The number of hydrogen-bond donors (Lipinski definition) is 0. The van der Waals surface area contributed by atoms with E-state index in [0.29, 0.717) is 5.92 Å². The molecule has 0 saturated heterocycles. The van der Waals surface area contributed by atoms with Gasteiger partial charge in [0.2, 0.25) is 0 Å². The average Bonchev–Trinajstić information content (AvgIpc) is 2.25. The van der Waals surface area contributed by atoms with Crippen LogP contribution in [0.3, 0.4) is 0 Å². The molecule has 0 amide bonds. The first kappa shape index (κ1) is 13.9. The maximum Gasteiger partial charge on any atom is 0.126 e. The Labute approximate surface area is 105 Å². The lowest BCUT2D eigenvalue weighted by Crippen LogP contribution is -2.15. The molecule has 17 heavy (non-hydrogen) atoms. The molecule has 0 radical (unpaired) electrons. The highest BCUT2D eigenvalue weighted by molar-refractivity contribution is 5.52. The van der Waals surface area contributed by atoms with Gasteiger partial charge in [-0.05, 0) is 29.0 Å². The third-order valence-corrected chi connectivity index (χ3v) is 2.94. The normalized spacial score (nSPS) is 11.8. The van der Waals surface area contributed by atoms with Gasteiger partial charge in [0.1, 0.15) is 11.5 Å². The largest absolute Gasteiger partial charge is 0.496 e. The Hall–Kier alpha value is -1.18. The molecule has 96 valence electrons. The first-order chi connectivity index (χ1) is 7.81. The van der Waals surface area contributed by atoms with E-state index in [1.54, 1.807) is 14.2 Å². The van der Waals surface area contributed by atoms with Crippen molar-refractivity contribution in [2.24, 2.45) is 0 Å². The first-order valence-corrected chi connectivity index (χ1v) is 6.07. The minimum atomic E-state index is 0.00615. The molecule has 0 fully saturated rings. The standard InChI is InChI=1S/C15H24O2/c1-10(2)11-8-12(16-6)14(15(3,4)5)13(9-11)17-7/h8-10H,1-7H3. The lowest BCUT2D eigenvalue weighted by Gasteiger charge is -2.26. The fourth-order valence-corrected chi connectivity index (χ4v) is 2.00. The summed E-state index contributed by atoms with van der Waals surface area (Å²) >= 11 is 0. The summed E-state index contributed by atoms with van der Waals surface area (Å²) in [6.45, 7) is 10.9. The van der Waals surface area contributed by atoms with Crippen molar-refractivity contribution >= 4 is 0 Å². The quantitative estimate of drug-likeness (QED) is 0.785. The van der Waals surface area contributed by atoms with E-state index in [0.717, 1.165) is 17.1 Å². The molecule has 2 heteroatoms. The number of hydrogen-bond acceptors (Lipinski definition) is 2. The molecule has 0 bridgehead atoms. The Morgan fingerprint density at radius 1 is 0.941 bits per heavy atom. The van der Waals surface area contributed by atoms with Crippen LogP contribution >= 0.6 is 0 Å². The van der Waals surface area contributed by atoms with Gasteiger partial charge in [-0.2, -0.15) is 0 Å². The third kappa shape index (κ3) is 2.93. The maximum absolute atomic E-state index is 5.53. The van der Waals surface area contributed by atoms with Crippen LogP contribution in [-0.2, 0) is 5.41 Å². The van der Waals surface area contributed by atoms with Crippen LogP contribution in [0.15, 0.2) is 12.1 Å². The van der Waals surface area contributed by atoms with Gasteiger partial charge >= 0.3 is 0 Å². The van der Waals surface area contributed by atoms with Gasteiger partial charge in [-0.25, -0.2) is 0 Å². The molecule has 0 unspecified atom stereocenters. The summed E-state index contributed by atoms with van der Waals surface area (Å²) in [7, 11) is 3.43. The predicted molar refractivity (Wildman–Crippen MR) is 72.3 cm³/mol. The van der Waals surface area contributed by atoms with Gasteiger partial charge in [0.25, 0.3) is 0 Å². The summed E-state index contributed by atoms with van der Waals surface area (Å²) in [5, 5.41) is 0. The fourth-order valence-electron chi connectivity index (χ4n) is 2.00. The van der Waals surface area contributed by atoms with Crippen molar-refractivity contribution in [3.63, 3.8) is 0 Å². The summed E-state index contributed by atoms with van der Waals surface area (Å²) in [5.74, 6) is 2.30. The van der Waals surface area contributed by atoms with Gasteiger partial charge in [0, 0.05) is 5.56 Å². The maximum atomic E-state index is 5.53. The SMILES string of the molecule is COc1cc(C(C)C)cc(OC)c1C(C)(C)C. The highest BCUT2D eigenvalue weighted by atomic mass is 16.5. The minimum Gasteiger partial charge on any atom is -0.496 e. The van der Waals surface area contributed by atoms with Crippen molar-refractivity contribution in [3.8, 4) is 11.5 Å². The zero-order valence-electron chi connectivity index (χ0n) is 12.0. The highest BCUT2D eigenvalue weighted by Gasteiger charge is 2.24. The van der Waals surface area contributed by atoms with Crippen LogP contribution in [0.4, 0.5) is 0 Å². The van der Waals surface area contributed by atoms with Gasteiger partial charge < -0.3 is 9.47 Å². The Morgan fingerprint density at radius 2 is 1.35 bits per heavy atom. The molecule has 0 aliphatic rings. The minimum absolute atomic E-state index is 0.00615. The van der Waals surface area contributed by atoms with Crippen LogP contribution < -0.4 is 9.47 Å². The molecule has 0 aliphatic heterocycles. The second-order valence-electron chi connectivity index (χ2n) is 5.71. The van der Waals surface area contributed by atoms with Crippen LogP contribution in [0.1, 0.15) is 51.7 Å². The predicted octanol–water partition coefficient (Wildman–Crippen LogP) is 4.12. The smallest absolute Gasteiger partial charge is 0.126 e. The zero-order valence-corrected chi connectivity index (χ0v) is 12.0. The van der Waals surface area contributed by atoms with Gasteiger partial charge in [0.15, 0.2) is 0 Å². The molecule has 0 saturated carbocycles. The molecular formula is C15H24O2. The molecular weight excluding hydrogens is 212 g/mol. The number of benzene rings is 1. The Bertz CT molecular complexity index is 361. The van der Waals surface area contributed by atoms with E-state index in [9.17, 15) is 0 Å². The Morgan fingerprint density at radius 3 is 1.59 bits per heavy atom.